The van der Waals surface area contributed by atoms with Crippen molar-refractivity contribution in [3.8, 4) is 6.07 Å². The highest BCUT2D eigenvalue weighted by Crippen LogP contribution is 2.22. The molecule has 0 saturated carbocycles. The van der Waals surface area contributed by atoms with E-state index < -0.39 is 0 Å². The van der Waals surface area contributed by atoms with Crippen LogP contribution in [0.15, 0.2) is 36.4 Å². The monoisotopic (exact) mass is 285 g/mol. The number of nitrogen functional groups attached to an aromatic ring is 1. The molecular formula is C15H12ClN3O. The number of halogens is 1. The van der Waals surface area contributed by atoms with Crippen molar-refractivity contribution in [2.24, 2.45) is 0 Å². The molecule has 0 aliphatic rings. The second-order valence-corrected chi connectivity index (χ2v) is 4.74. The molecule has 0 bridgehead atoms. The zero-order valence-electron chi connectivity index (χ0n) is 10.8. The van der Waals surface area contributed by atoms with Crippen molar-refractivity contribution in [3.63, 3.8) is 0 Å². The molecule has 1 amide bonds. The van der Waals surface area contributed by atoms with E-state index in [0.717, 1.165) is 5.56 Å². The third kappa shape index (κ3) is 2.90. The largest absolute Gasteiger partial charge is 0.399 e. The number of carbonyl (C=O) groups is 1. The molecule has 0 spiro atoms. The molecule has 2 aromatic carbocycles. The minimum Gasteiger partial charge on any atom is -0.399 e. The van der Waals surface area contributed by atoms with Crippen LogP contribution in [0.2, 0.25) is 5.02 Å². The molecule has 2 aromatic rings. The van der Waals surface area contributed by atoms with Gasteiger partial charge in [-0.15, -0.1) is 0 Å². The molecule has 0 radical (unpaired) electrons. The van der Waals surface area contributed by atoms with Crippen LogP contribution < -0.4 is 11.1 Å². The van der Waals surface area contributed by atoms with Crippen molar-refractivity contribution in [2.75, 3.05) is 11.1 Å². The molecule has 0 aromatic heterocycles. The van der Waals surface area contributed by atoms with Crippen molar-refractivity contribution in [3.05, 3.63) is 58.1 Å². The van der Waals surface area contributed by atoms with Crippen LogP contribution in [0.25, 0.3) is 0 Å². The molecule has 5 heteroatoms. The summed E-state index contributed by atoms with van der Waals surface area (Å²) in [5, 5.41) is 11.9. The first kappa shape index (κ1) is 13.9. The van der Waals surface area contributed by atoms with Crippen LogP contribution in [0.5, 0.6) is 0 Å². The number of nitriles is 1. The maximum atomic E-state index is 12.2. The summed E-state index contributed by atoms with van der Waals surface area (Å²) < 4.78 is 0. The average Bonchev–Trinajstić information content (AvgIpc) is 2.43. The molecule has 0 aliphatic carbocycles. The van der Waals surface area contributed by atoms with Crippen LogP contribution in [0.1, 0.15) is 21.5 Å². The quantitative estimate of drug-likeness (QED) is 0.831. The Balaban J connectivity index is 2.28. The number of anilines is 2. The van der Waals surface area contributed by atoms with Gasteiger partial charge in [0.05, 0.1) is 22.2 Å². The van der Waals surface area contributed by atoms with Crippen LogP contribution in [0.4, 0.5) is 11.4 Å². The van der Waals surface area contributed by atoms with Gasteiger partial charge >= 0.3 is 0 Å². The Morgan fingerprint density at radius 2 is 2.05 bits per heavy atom. The molecule has 0 atom stereocenters. The zero-order chi connectivity index (χ0) is 14.7. The van der Waals surface area contributed by atoms with E-state index in [9.17, 15) is 4.79 Å². The Kier molecular flexibility index (Phi) is 3.92. The molecule has 20 heavy (non-hydrogen) atoms. The minimum atomic E-state index is -0.338. The van der Waals surface area contributed by atoms with Gasteiger partial charge in [0.1, 0.15) is 0 Å². The Hall–Kier alpha value is -2.51. The summed E-state index contributed by atoms with van der Waals surface area (Å²) in [5.74, 6) is -0.338. The second kappa shape index (κ2) is 5.64. The molecule has 0 fully saturated rings. The van der Waals surface area contributed by atoms with Gasteiger partial charge in [-0.1, -0.05) is 11.6 Å². The standard InChI is InChI=1S/C15H12ClN3O/c1-9-6-10(8-17)2-5-14(9)19-15(20)12-7-11(18)3-4-13(12)16/h2-7H,18H2,1H3,(H,19,20). The molecule has 4 nitrogen and oxygen atoms in total. The molecule has 0 unspecified atom stereocenters. The summed E-state index contributed by atoms with van der Waals surface area (Å²) in [4.78, 5) is 12.2. The minimum absolute atomic E-state index is 0.315. The summed E-state index contributed by atoms with van der Waals surface area (Å²) >= 11 is 5.99. The first-order valence-corrected chi connectivity index (χ1v) is 6.26. The Morgan fingerprint density at radius 3 is 2.70 bits per heavy atom. The number of nitrogens with two attached hydrogens (primary N) is 1. The number of benzene rings is 2. The molecular weight excluding hydrogens is 274 g/mol. The normalized spacial score (nSPS) is 9.85. The lowest BCUT2D eigenvalue weighted by Crippen LogP contribution is -2.13. The van der Waals surface area contributed by atoms with Gasteiger partial charge in [-0.05, 0) is 48.9 Å². The average molecular weight is 286 g/mol. The summed E-state index contributed by atoms with van der Waals surface area (Å²) in [6.45, 7) is 1.82. The van der Waals surface area contributed by atoms with Crippen LogP contribution in [-0.4, -0.2) is 5.91 Å². The predicted octanol–water partition coefficient (Wildman–Crippen LogP) is 3.35. The van der Waals surface area contributed by atoms with Crippen molar-refractivity contribution >= 4 is 28.9 Å². The number of rotatable bonds is 2. The number of aryl methyl sites for hydroxylation is 1. The van der Waals surface area contributed by atoms with E-state index in [1.54, 1.807) is 30.3 Å². The highest BCUT2D eigenvalue weighted by Gasteiger charge is 2.12. The summed E-state index contributed by atoms with van der Waals surface area (Å²) in [6, 6.07) is 11.8. The zero-order valence-corrected chi connectivity index (χ0v) is 11.5. The van der Waals surface area contributed by atoms with Crippen LogP contribution >= 0.6 is 11.6 Å². The fraction of sp³-hybridized carbons (Fsp3) is 0.0667. The number of nitrogens with zero attached hydrogens (tertiary/aromatic N) is 1. The maximum Gasteiger partial charge on any atom is 0.257 e. The van der Waals surface area contributed by atoms with Gasteiger partial charge in [0.15, 0.2) is 0 Å². The first-order chi connectivity index (χ1) is 9.51. The van der Waals surface area contributed by atoms with Gasteiger partial charge in [0, 0.05) is 11.4 Å². The van der Waals surface area contributed by atoms with Gasteiger partial charge in [0.2, 0.25) is 0 Å². The number of hydrogen-bond acceptors (Lipinski definition) is 3. The van der Waals surface area contributed by atoms with Gasteiger partial charge in [-0.2, -0.15) is 5.26 Å². The van der Waals surface area contributed by atoms with E-state index in [0.29, 0.717) is 27.5 Å². The third-order valence-electron chi connectivity index (χ3n) is 2.84. The van der Waals surface area contributed by atoms with Crippen LogP contribution in [-0.2, 0) is 0 Å². The number of hydrogen-bond donors (Lipinski definition) is 2. The van der Waals surface area contributed by atoms with Crippen molar-refractivity contribution in [1.29, 1.82) is 5.26 Å². The van der Waals surface area contributed by atoms with E-state index >= 15 is 0 Å². The molecule has 0 aliphatic heterocycles. The summed E-state index contributed by atoms with van der Waals surface area (Å²) in [6.07, 6.45) is 0. The van der Waals surface area contributed by atoms with Crippen molar-refractivity contribution < 1.29 is 4.79 Å². The number of amides is 1. The van der Waals surface area contributed by atoms with E-state index in [4.69, 9.17) is 22.6 Å². The lowest BCUT2D eigenvalue weighted by molar-refractivity contribution is 0.102. The first-order valence-electron chi connectivity index (χ1n) is 5.88. The molecule has 2 rings (SSSR count). The van der Waals surface area contributed by atoms with E-state index in [1.807, 2.05) is 13.0 Å². The van der Waals surface area contributed by atoms with Crippen molar-refractivity contribution in [2.45, 2.75) is 6.92 Å². The van der Waals surface area contributed by atoms with Crippen molar-refractivity contribution in [1.82, 2.24) is 0 Å². The maximum absolute atomic E-state index is 12.2. The van der Waals surface area contributed by atoms with Crippen LogP contribution in [0.3, 0.4) is 0 Å². The van der Waals surface area contributed by atoms with Gasteiger partial charge in [-0.3, -0.25) is 4.79 Å². The second-order valence-electron chi connectivity index (χ2n) is 4.33. The topological polar surface area (TPSA) is 78.9 Å². The highest BCUT2D eigenvalue weighted by molar-refractivity contribution is 6.34. The molecule has 3 N–H and O–H groups in total. The molecule has 100 valence electrons. The lowest BCUT2D eigenvalue weighted by atomic mass is 10.1. The van der Waals surface area contributed by atoms with Gasteiger partial charge in [-0.25, -0.2) is 0 Å². The molecule has 0 saturated heterocycles. The smallest absolute Gasteiger partial charge is 0.257 e. The van der Waals surface area contributed by atoms with E-state index in [-0.39, 0.29) is 5.91 Å². The fourth-order valence-electron chi connectivity index (χ4n) is 1.78. The van der Waals surface area contributed by atoms with Gasteiger partial charge in [0.25, 0.3) is 5.91 Å². The van der Waals surface area contributed by atoms with Gasteiger partial charge < -0.3 is 11.1 Å². The van der Waals surface area contributed by atoms with Crippen LogP contribution in [0, 0.1) is 18.3 Å². The number of carbonyl (C=O) groups excluding carboxylic acids is 1. The Morgan fingerprint density at radius 1 is 1.30 bits per heavy atom. The Labute approximate surface area is 121 Å². The SMILES string of the molecule is Cc1cc(C#N)ccc1NC(=O)c1cc(N)ccc1Cl. The molecule has 0 heterocycles. The summed E-state index contributed by atoms with van der Waals surface area (Å²) in [7, 11) is 0. The highest BCUT2D eigenvalue weighted by atomic mass is 35.5. The third-order valence-corrected chi connectivity index (χ3v) is 3.17. The van der Waals surface area contributed by atoms with E-state index in [1.165, 1.54) is 6.07 Å². The van der Waals surface area contributed by atoms with E-state index in [2.05, 4.69) is 5.32 Å². The fourth-order valence-corrected chi connectivity index (χ4v) is 1.98. The lowest BCUT2D eigenvalue weighted by Gasteiger charge is -2.10. The predicted molar refractivity (Wildman–Crippen MR) is 79.7 cm³/mol. The Bertz CT molecular complexity index is 720. The number of nitrogens with one attached hydrogen (secondary N) is 1. The summed E-state index contributed by atoms with van der Waals surface area (Å²) in [5.41, 5.74) is 8.41.